The first-order valence-electron chi connectivity index (χ1n) is 7.82. The van der Waals surface area contributed by atoms with Crippen molar-refractivity contribution in [2.45, 2.75) is 43.5 Å². The van der Waals surface area contributed by atoms with Gasteiger partial charge in [-0.2, -0.15) is 0 Å². The number of nitrogens with zero attached hydrogens (tertiary/aromatic N) is 2. The lowest BCUT2D eigenvalue weighted by molar-refractivity contribution is 0.0606. The number of carbonyl (C=O) groups is 1. The molecule has 1 aromatic rings. The molecule has 128 valence electrons. The maximum atomic E-state index is 13.0. The Morgan fingerprint density at radius 1 is 1.35 bits per heavy atom. The zero-order valence-electron chi connectivity index (χ0n) is 13.8. The van der Waals surface area contributed by atoms with E-state index in [9.17, 15) is 13.2 Å². The van der Waals surface area contributed by atoms with Crippen LogP contribution in [0.1, 0.15) is 43.0 Å². The molecule has 1 unspecified atom stereocenters. The lowest BCUT2D eigenvalue weighted by Crippen LogP contribution is -2.43. The van der Waals surface area contributed by atoms with Gasteiger partial charge in [-0.25, -0.2) is 12.7 Å². The van der Waals surface area contributed by atoms with Gasteiger partial charge in [0.25, 0.3) is 5.91 Å². The van der Waals surface area contributed by atoms with Gasteiger partial charge in [-0.1, -0.05) is 6.92 Å². The summed E-state index contributed by atoms with van der Waals surface area (Å²) in [6.45, 7) is 2.84. The van der Waals surface area contributed by atoms with Gasteiger partial charge in [0.05, 0.1) is 10.5 Å². The van der Waals surface area contributed by atoms with Crippen molar-refractivity contribution in [3.8, 4) is 0 Å². The Morgan fingerprint density at radius 3 is 2.65 bits per heavy atom. The van der Waals surface area contributed by atoms with Crippen molar-refractivity contribution < 1.29 is 13.2 Å². The second-order valence-corrected chi connectivity index (χ2v) is 9.30. The van der Waals surface area contributed by atoms with Gasteiger partial charge in [0, 0.05) is 30.3 Å². The number of benzene rings is 1. The van der Waals surface area contributed by atoms with Crippen LogP contribution in [0.5, 0.6) is 0 Å². The Kier molecular flexibility index (Phi) is 6.07. The largest absolute Gasteiger partial charge is 0.336 e. The van der Waals surface area contributed by atoms with Crippen LogP contribution in [0.2, 0.25) is 0 Å². The summed E-state index contributed by atoms with van der Waals surface area (Å²) >= 11 is 2.10. The van der Waals surface area contributed by atoms with Gasteiger partial charge in [0.1, 0.15) is 0 Å². The van der Waals surface area contributed by atoms with Crippen LogP contribution in [-0.4, -0.2) is 50.2 Å². The van der Waals surface area contributed by atoms with Gasteiger partial charge in [-0.15, -0.1) is 0 Å². The van der Waals surface area contributed by atoms with Gasteiger partial charge >= 0.3 is 0 Å². The van der Waals surface area contributed by atoms with E-state index in [1.807, 2.05) is 4.90 Å². The zero-order chi connectivity index (χ0) is 17.2. The van der Waals surface area contributed by atoms with Crippen molar-refractivity contribution in [1.82, 2.24) is 9.21 Å². The molecular weight excluding hydrogens is 427 g/mol. The fourth-order valence-electron chi connectivity index (χ4n) is 2.89. The van der Waals surface area contributed by atoms with Crippen LogP contribution < -0.4 is 0 Å². The summed E-state index contributed by atoms with van der Waals surface area (Å²) in [7, 11) is -0.555. The SMILES string of the molecule is CCC1CCCCN1C(=O)c1cc(S(=O)(=O)N(C)C)ccc1I. The molecule has 0 aliphatic carbocycles. The molecule has 0 bridgehead atoms. The molecular formula is C16H23IN2O3S. The number of hydrogen-bond donors (Lipinski definition) is 0. The summed E-state index contributed by atoms with van der Waals surface area (Å²) in [4.78, 5) is 15.0. The highest BCUT2D eigenvalue weighted by molar-refractivity contribution is 14.1. The van der Waals surface area contributed by atoms with Crippen LogP contribution in [0.4, 0.5) is 0 Å². The molecule has 0 saturated carbocycles. The van der Waals surface area contributed by atoms with Crippen LogP contribution in [0, 0.1) is 3.57 Å². The summed E-state index contributed by atoms with van der Waals surface area (Å²) in [5, 5.41) is 0. The Labute approximate surface area is 152 Å². The van der Waals surface area contributed by atoms with Gasteiger partial charge in [0.15, 0.2) is 0 Å². The third kappa shape index (κ3) is 3.88. The molecule has 7 heteroatoms. The van der Waals surface area contributed by atoms with E-state index < -0.39 is 10.0 Å². The minimum absolute atomic E-state index is 0.0586. The van der Waals surface area contributed by atoms with Crippen LogP contribution in [-0.2, 0) is 10.0 Å². The molecule has 1 fully saturated rings. The van der Waals surface area contributed by atoms with E-state index >= 15 is 0 Å². The van der Waals surface area contributed by atoms with Crippen LogP contribution >= 0.6 is 22.6 Å². The highest BCUT2D eigenvalue weighted by atomic mass is 127. The molecule has 0 radical (unpaired) electrons. The zero-order valence-corrected chi connectivity index (χ0v) is 16.7. The number of likely N-dealkylation sites (tertiary alicyclic amines) is 1. The van der Waals surface area contributed by atoms with Crippen molar-refractivity contribution in [1.29, 1.82) is 0 Å². The van der Waals surface area contributed by atoms with E-state index in [2.05, 4.69) is 29.5 Å². The summed E-state index contributed by atoms with van der Waals surface area (Å²) < 4.78 is 26.6. The summed E-state index contributed by atoms with van der Waals surface area (Å²) in [6.07, 6.45) is 4.11. The molecule has 1 atom stereocenters. The second kappa shape index (κ2) is 7.48. The van der Waals surface area contributed by atoms with Crippen LogP contribution in [0.25, 0.3) is 0 Å². The maximum Gasteiger partial charge on any atom is 0.255 e. The number of rotatable bonds is 4. The Morgan fingerprint density at radius 2 is 2.04 bits per heavy atom. The summed E-state index contributed by atoms with van der Waals surface area (Å²) in [6, 6.07) is 5.03. The standard InChI is InChI=1S/C16H23IN2O3S/c1-4-12-7-5-6-10-19(12)16(20)14-11-13(8-9-15(14)17)23(21,22)18(2)3/h8-9,11-12H,4-7,10H2,1-3H3. The van der Waals surface area contributed by atoms with Crippen molar-refractivity contribution in [3.05, 3.63) is 27.3 Å². The number of halogens is 1. The Balaban J connectivity index is 2.40. The fourth-order valence-corrected chi connectivity index (χ4v) is 4.38. The number of sulfonamides is 1. The lowest BCUT2D eigenvalue weighted by atomic mass is 9.99. The minimum atomic E-state index is -3.54. The molecule has 1 aliphatic rings. The normalized spacial score (nSPS) is 19.2. The van der Waals surface area contributed by atoms with Gasteiger partial charge in [-0.05, 0) is 66.5 Å². The van der Waals surface area contributed by atoms with Crippen LogP contribution in [0.15, 0.2) is 23.1 Å². The van der Waals surface area contributed by atoms with E-state index in [1.54, 1.807) is 12.1 Å². The number of hydrogen-bond acceptors (Lipinski definition) is 3. The van der Waals surface area contributed by atoms with E-state index in [0.29, 0.717) is 5.56 Å². The first kappa shape index (κ1) is 18.7. The molecule has 1 saturated heterocycles. The topological polar surface area (TPSA) is 57.7 Å². The quantitative estimate of drug-likeness (QED) is 0.663. The summed E-state index contributed by atoms with van der Waals surface area (Å²) in [5.74, 6) is -0.0586. The molecule has 1 heterocycles. The average molecular weight is 450 g/mol. The second-order valence-electron chi connectivity index (χ2n) is 5.99. The van der Waals surface area contributed by atoms with E-state index in [0.717, 1.165) is 35.8 Å². The number of piperidine rings is 1. The highest BCUT2D eigenvalue weighted by Gasteiger charge is 2.28. The van der Waals surface area contributed by atoms with Crippen molar-refractivity contribution in [2.24, 2.45) is 0 Å². The number of carbonyl (C=O) groups excluding carboxylic acids is 1. The lowest BCUT2D eigenvalue weighted by Gasteiger charge is -2.35. The van der Waals surface area contributed by atoms with E-state index in [-0.39, 0.29) is 16.8 Å². The van der Waals surface area contributed by atoms with Gasteiger partial charge < -0.3 is 4.90 Å². The molecule has 5 nitrogen and oxygen atoms in total. The van der Waals surface area contributed by atoms with Gasteiger partial charge in [0.2, 0.25) is 10.0 Å². The van der Waals surface area contributed by atoms with E-state index in [1.165, 1.54) is 24.5 Å². The molecule has 0 aromatic heterocycles. The third-order valence-electron chi connectivity index (χ3n) is 4.31. The monoisotopic (exact) mass is 450 g/mol. The van der Waals surface area contributed by atoms with Crippen LogP contribution in [0.3, 0.4) is 0 Å². The minimum Gasteiger partial charge on any atom is -0.336 e. The molecule has 0 spiro atoms. The Hall–Kier alpha value is -0.670. The predicted molar refractivity (Wildman–Crippen MR) is 99.0 cm³/mol. The highest BCUT2D eigenvalue weighted by Crippen LogP contribution is 2.26. The molecule has 0 N–H and O–H groups in total. The molecule has 1 aromatic carbocycles. The molecule has 1 aliphatic heterocycles. The van der Waals surface area contributed by atoms with E-state index in [4.69, 9.17) is 0 Å². The molecule has 23 heavy (non-hydrogen) atoms. The Bertz CT molecular complexity index is 689. The molecule has 1 amide bonds. The van der Waals surface area contributed by atoms with Crippen molar-refractivity contribution in [2.75, 3.05) is 20.6 Å². The molecule has 2 rings (SSSR count). The predicted octanol–water partition coefficient (Wildman–Crippen LogP) is 2.95. The fraction of sp³-hybridized carbons (Fsp3) is 0.562. The smallest absolute Gasteiger partial charge is 0.255 e. The average Bonchev–Trinajstić information content (AvgIpc) is 2.54. The first-order valence-corrected chi connectivity index (χ1v) is 10.3. The number of amides is 1. The van der Waals surface area contributed by atoms with Crippen molar-refractivity contribution in [3.63, 3.8) is 0 Å². The first-order chi connectivity index (χ1) is 10.8. The summed E-state index contributed by atoms with van der Waals surface area (Å²) in [5.41, 5.74) is 0.480. The van der Waals surface area contributed by atoms with Crippen molar-refractivity contribution >= 4 is 38.5 Å². The maximum absolute atomic E-state index is 13.0. The third-order valence-corrected chi connectivity index (χ3v) is 7.06. The van der Waals surface area contributed by atoms with Gasteiger partial charge in [-0.3, -0.25) is 4.79 Å².